The van der Waals surface area contributed by atoms with E-state index >= 15 is 0 Å². The number of hydrogen-bond donors (Lipinski definition) is 1. The maximum Gasteiger partial charge on any atom is 0.306 e. The lowest BCUT2D eigenvalue weighted by atomic mass is 9.97. The van der Waals surface area contributed by atoms with E-state index in [9.17, 15) is 14.4 Å². The summed E-state index contributed by atoms with van der Waals surface area (Å²) in [7, 11) is 1.62. The minimum absolute atomic E-state index is 0.00969. The second-order valence-electron chi connectivity index (χ2n) is 6.75. The minimum Gasteiger partial charge on any atom is -0.481 e. The van der Waals surface area contributed by atoms with Gasteiger partial charge in [0.05, 0.1) is 12.5 Å². The van der Waals surface area contributed by atoms with E-state index in [0.29, 0.717) is 25.9 Å². The number of likely N-dealkylation sites (tertiary alicyclic amines) is 1. The number of aromatic nitrogens is 1. The largest absolute Gasteiger partial charge is 0.481 e. The minimum atomic E-state index is -0.802. The van der Waals surface area contributed by atoms with Gasteiger partial charge in [-0.25, -0.2) is 0 Å². The first-order chi connectivity index (χ1) is 12.5. The highest BCUT2D eigenvalue weighted by molar-refractivity contribution is 5.86. The molecule has 1 aliphatic heterocycles. The van der Waals surface area contributed by atoms with E-state index in [1.807, 2.05) is 41.1 Å². The Kier molecular flexibility index (Phi) is 5.25. The summed E-state index contributed by atoms with van der Waals surface area (Å²) in [5.74, 6) is -1.45. The molecule has 2 aromatic rings. The Morgan fingerprint density at radius 1 is 1.15 bits per heavy atom. The maximum absolute atomic E-state index is 12.5. The molecule has 1 aliphatic rings. The van der Waals surface area contributed by atoms with Gasteiger partial charge < -0.3 is 19.5 Å². The van der Waals surface area contributed by atoms with Gasteiger partial charge in [-0.2, -0.15) is 0 Å². The number of carbonyl (C=O) groups excluding carboxylic acids is 2. The Morgan fingerprint density at radius 2 is 1.85 bits per heavy atom. The predicted octanol–water partition coefficient (Wildman–Crippen LogP) is 1.42. The Bertz CT molecular complexity index is 821. The molecule has 2 amide bonds. The van der Waals surface area contributed by atoms with Crippen molar-refractivity contribution in [3.63, 3.8) is 0 Å². The molecule has 138 valence electrons. The van der Waals surface area contributed by atoms with Crippen LogP contribution < -0.4 is 0 Å². The first kappa shape index (κ1) is 18.0. The fourth-order valence-corrected chi connectivity index (χ4v) is 3.31. The average molecular weight is 357 g/mol. The number of nitrogens with zero attached hydrogens (tertiary/aromatic N) is 3. The normalized spacial score (nSPS) is 15.2. The summed E-state index contributed by atoms with van der Waals surface area (Å²) in [6.45, 7) is 1.05. The number of aliphatic carboxylic acids is 1. The zero-order valence-corrected chi connectivity index (χ0v) is 14.8. The standard InChI is InChI=1S/C19H23N3O4/c1-20(12-18(24)21-9-7-15(8-10-21)19(25)26)17(23)13-22-11-6-14-4-2-3-5-16(14)22/h2-6,11,15H,7-10,12-13H2,1H3,(H,25,26). The van der Waals surface area contributed by atoms with Crippen LogP contribution in [-0.4, -0.2) is 63.9 Å². The number of benzene rings is 1. The highest BCUT2D eigenvalue weighted by atomic mass is 16.4. The van der Waals surface area contributed by atoms with E-state index in [1.165, 1.54) is 4.90 Å². The monoisotopic (exact) mass is 357 g/mol. The lowest BCUT2D eigenvalue weighted by molar-refractivity contribution is -0.146. The molecule has 0 spiro atoms. The number of hydrogen-bond acceptors (Lipinski definition) is 3. The number of rotatable bonds is 5. The Morgan fingerprint density at radius 3 is 2.54 bits per heavy atom. The van der Waals surface area contributed by atoms with E-state index in [1.54, 1.807) is 11.9 Å². The van der Waals surface area contributed by atoms with Crippen molar-refractivity contribution in [2.75, 3.05) is 26.7 Å². The fraction of sp³-hybridized carbons (Fsp3) is 0.421. The number of amides is 2. The van der Waals surface area contributed by atoms with Crippen molar-refractivity contribution < 1.29 is 19.5 Å². The second-order valence-corrected chi connectivity index (χ2v) is 6.75. The average Bonchev–Trinajstić information content (AvgIpc) is 3.04. The van der Waals surface area contributed by atoms with Crippen molar-refractivity contribution >= 4 is 28.7 Å². The Hall–Kier alpha value is -2.83. The number of carboxylic acid groups (broad SMARTS) is 1. The highest BCUT2D eigenvalue weighted by Crippen LogP contribution is 2.18. The maximum atomic E-state index is 12.5. The van der Waals surface area contributed by atoms with Crippen molar-refractivity contribution in [2.45, 2.75) is 19.4 Å². The van der Waals surface area contributed by atoms with Crippen LogP contribution in [0.5, 0.6) is 0 Å². The van der Waals surface area contributed by atoms with Crippen LogP contribution in [0.2, 0.25) is 0 Å². The second kappa shape index (κ2) is 7.59. The van der Waals surface area contributed by atoms with Crippen LogP contribution in [0, 0.1) is 5.92 Å². The van der Waals surface area contributed by atoms with E-state index in [2.05, 4.69) is 0 Å². The topological polar surface area (TPSA) is 82.9 Å². The first-order valence-electron chi connectivity index (χ1n) is 8.74. The van der Waals surface area contributed by atoms with Gasteiger partial charge in [0.2, 0.25) is 11.8 Å². The first-order valence-corrected chi connectivity index (χ1v) is 8.74. The zero-order chi connectivity index (χ0) is 18.7. The van der Waals surface area contributed by atoms with Crippen LogP contribution >= 0.6 is 0 Å². The van der Waals surface area contributed by atoms with E-state index in [4.69, 9.17) is 5.11 Å². The van der Waals surface area contributed by atoms with E-state index in [-0.39, 0.29) is 30.8 Å². The molecule has 7 heteroatoms. The third-order valence-corrected chi connectivity index (χ3v) is 4.98. The molecule has 0 atom stereocenters. The highest BCUT2D eigenvalue weighted by Gasteiger charge is 2.27. The molecule has 1 fully saturated rings. The number of piperidine rings is 1. The molecule has 1 N–H and O–H groups in total. The van der Waals surface area contributed by atoms with Crippen molar-refractivity contribution in [1.29, 1.82) is 0 Å². The van der Waals surface area contributed by atoms with Gasteiger partial charge in [-0.15, -0.1) is 0 Å². The molecule has 1 aromatic heterocycles. The molecular formula is C19H23N3O4. The molecule has 2 heterocycles. The molecule has 0 saturated carbocycles. The number of carboxylic acids is 1. The van der Waals surface area contributed by atoms with Crippen LogP contribution in [-0.2, 0) is 20.9 Å². The van der Waals surface area contributed by atoms with Gasteiger partial charge in [0.1, 0.15) is 6.54 Å². The molecule has 0 bridgehead atoms. The summed E-state index contributed by atoms with van der Waals surface area (Å²) >= 11 is 0. The summed E-state index contributed by atoms with van der Waals surface area (Å²) in [5, 5.41) is 10.1. The molecule has 1 saturated heterocycles. The summed E-state index contributed by atoms with van der Waals surface area (Å²) in [6.07, 6.45) is 2.80. The van der Waals surface area contributed by atoms with Crippen LogP contribution in [0.3, 0.4) is 0 Å². The van der Waals surface area contributed by atoms with Gasteiger partial charge >= 0.3 is 5.97 Å². The van der Waals surface area contributed by atoms with Crippen LogP contribution in [0.25, 0.3) is 10.9 Å². The lowest BCUT2D eigenvalue weighted by Gasteiger charge is -2.31. The quantitative estimate of drug-likeness (QED) is 0.877. The Balaban J connectivity index is 1.54. The summed E-state index contributed by atoms with van der Waals surface area (Å²) in [6, 6.07) is 9.79. The fourth-order valence-electron chi connectivity index (χ4n) is 3.31. The zero-order valence-electron chi connectivity index (χ0n) is 14.8. The van der Waals surface area contributed by atoms with Crippen molar-refractivity contribution in [3.8, 4) is 0 Å². The molecule has 0 radical (unpaired) electrons. The summed E-state index contributed by atoms with van der Waals surface area (Å²) in [4.78, 5) is 38.9. The third-order valence-electron chi connectivity index (χ3n) is 4.98. The van der Waals surface area contributed by atoms with Crippen LogP contribution in [0.4, 0.5) is 0 Å². The third kappa shape index (κ3) is 3.87. The number of likely N-dealkylation sites (N-methyl/N-ethyl adjacent to an activating group) is 1. The molecule has 3 rings (SSSR count). The van der Waals surface area contributed by atoms with Gasteiger partial charge in [-0.1, -0.05) is 18.2 Å². The van der Waals surface area contributed by atoms with E-state index < -0.39 is 5.97 Å². The SMILES string of the molecule is CN(CC(=O)N1CCC(C(=O)O)CC1)C(=O)Cn1ccc2ccccc21. The molecule has 7 nitrogen and oxygen atoms in total. The predicted molar refractivity (Wildman–Crippen MR) is 96.5 cm³/mol. The lowest BCUT2D eigenvalue weighted by Crippen LogP contribution is -2.46. The van der Waals surface area contributed by atoms with Crippen LogP contribution in [0.15, 0.2) is 36.5 Å². The molecule has 1 aromatic carbocycles. The number of fused-ring (bicyclic) bond motifs is 1. The van der Waals surface area contributed by atoms with Gasteiger partial charge in [-0.05, 0) is 30.4 Å². The Labute approximate surface area is 151 Å². The van der Waals surface area contributed by atoms with E-state index in [0.717, 1.165) is 10.9 Å². The van der Waals surface area contributed by atoms with Gasteiger partial charge in [-0.3, -0.25) is 14.4 Å². The molecule has 0 unspecified atom stereocenters. The number of carbonyl (C=O) groups is 3. The van der Waals surface area contributed by atoms with Gasteiger partial charge in [0.15, 0.2) is 0 Å². The van der Waals surface area contributed by atoms with Crippen LogP contribution in [0.1, 0.15) is 12.8 Å². The van der Waals surface area contributed by atoms with Crippen molar-refractivity contribution in [1.82, 2.24) is 14.4 Å². The smallest absolute Gasteiger partial charge is 0.306 e. The van der Waals surface area contributed by atoms with Crippen molar-refractivity contribution in [2.24, 2.45) is 5.92 Å². The van der Waals surface area contributed by atoms with Gasteiger partial charge in [0.25, 0.3) is 0 Å². The molecular weight excluding hydrogens is 334 g/mol. The van der Waals surface area contributed by atoms with Gasteiger partial charge in [0, 0.05) is 31.9 Å². The molecule has 26 heavy (non-hydrogen) atoms. The summed E-state index contributed by atoms with van der Waals surface area (Å²) in [5.41, 5.74) is 0.983. The molecule has 0 aliphatic carbocycles. The van der Waals surface area contributed by atoms with Crippen molar-refractivity contribution in [3.05, 3.63) is 36.5 Å². The summed E-state index contributed by atoms with van der Waals surface area (Å²) < 4.78 is 1.87. The number of para-hydroxylation sites is 1.